The van der Waals surface area contributed by atoms with Crippen molar-refractivity contribution in [2.45, 2.75) is 46.1 Å². The van der Waals surface area contributed by atoms with E-state index in [0.29, 0.717) is 0 Å². The van der Waals surface area contributed by atoms with E-state index in [4.69, 9.17) is 15.3 Å². The van der Waals surface area contributed by atoms with Crippen molar-refractivity contribution in [1.82, 2.24) is 0 Å². The molecule has 3 N–H and O–H groups in total. The highest BCUT2D eigenvalue weighted by molar-refractivity contribution is 5.69. The average Bonchev–Trinajstić information content (AvgIpc) is 2.14. The topological polar surface area (TPSA) is 77.8 Å². The molecule has 4 heteroatoms. The lowest BCUT2D eigenvalue weighted by atomic mass is 10.1. The van der Waals surface area contributed by atoms with Crippen LogP contribution in [0.3, 0.4) is 0 Å². The molecule has 0 aliphatic heterocycles. The highest BCUT2D eigenvalue weighted by Gasteiger charge is 2.08. The summed E-state index contributed by atoms with van der Waals surface area (Å²) < 4.78 is 0. The zero-order chi connectivity index (χ0) is 11.6. The van der Waals surface area contributed by atoms with Crippen molar-refractivity contribution >= 4 is 5.97 Å². The molecule has 0 heterocycles. The number of hydrogen-bond acceptors (Lipinski definition) is 3. The highest BCUT2D eigenvalue weighted by atomic mass is 16.4. The number of aliphatic carboxylic acids is 1. The number of aliphatic hydroxyl groups excluding tert-OH is 2. The highest BCUT2D eigenvalue weighted by Crippen LogP contribution is 2.06. The van der Waals surface area contributed by atoms with E-state index in [0.717, 1.165) is 19.3 Å². The molecule has 0 radical (unpaired) electrons. The minimum Gasteiger partial charge on any atom is -0.481 e. The fourth-order valence-corrected chi connectivity index (χ4v) is 0.634. The van der Waals surface area contributed by atoms with E-state index in [2.05, 4.69) is 6.92 Å². The molecule has 0 saturated carbocycles. The Morgan fingerprint density at radius 2 is 1.79 bits per heavy atom. The number of aliphatic hydroxyl groups is 2. The molecule has 0 aromatic rings. The van der Waals surface area contributed by atoms with Crippen LogP contribution in [0.1, 0.15) is 40.0 Å². The first-order valence-corrected chi connectivity index (χ1v) is 4.97. The Kier molecular flexibility index (Phi) is 11.9. The number of carbonyl (C=O) groups is 1. The van der Waals surface area contributed by atoms with Crippen molar-refractivity contribution in [3.8, 4) is 0 Å². The summed E-state index contributed by atoms with van der Waals surface area (Å²) in [5.74, 6) is -0.839. The first kappa shape index (κ1) is 15.8. The summed E-state index contributed by atoms with van der Waals surface area (Å²) in [5.41, 5.74) is 0. The Labute approximate surface area is 85.6 Å². The largest absolute Gasteiger partial charge is 0.481 e. The Balaban J connectivity index is 0. The van der Waals surface area contributed by atoms with Crippen molar-refractivity contribution in [3.05, 3.63) is 0 Å². The lowest BCUT2D eigenvalue weighted by Gasteiger charge is -2.02. The summed E-state index contributed by atoms with van der Waals surface area (Å²) in [5, 5.41) is 24.4. The maximum atomic E-state index is 10.2. The van der Waals surface area contributed by atoms with Gasteiger partial charge in [0, 0.05) is 0 Å². The number of hydrogen-bond donors (Lipinski definition) is 3. The third kappa shape index (κ3) is 13.9. The molecule has 0 rings (SSSR count). The van der Waals surface area contributed by atoms with Gasteiger partial charge < -0.3 is 15.3 Å². The Bertz CT molecular complexity index is 134. The number of carboxylic acid groups (broad SMARTS) is 1. The van der Waals surface area contributed by atoms with Gasteiger partial charge in [0.25, 0.3) is 0 Å². The molecule has 0 aromatic heterocycles. The molecule has 0 spiro atoms. The van der Waals surface area contributed by atoms with Crippen LogP contribution in [0, 0.1) is 5.92 Å². The van der Waals surface area contributed by atoms with E-state index in [9.17, 15) is 4.79 Å². The van der Waals surface area contributed by atoms with E-state index < -0.39 is 12.1 Å². The standard InChI is InChI=1S/C7H14O2.C3H8O2/c1-3-4-5-6(2)7(8)9;1-3(5)2-4/h6H,3-5H2,1-2H3,(H,8,9);3-5H,2H2,1H3. The van der Waals surface area contributed by atoms with Crippen LogP contribution in [-0.2, 0) is 4.79 Å². The molecule has 2 atom stereocenters. The molecule has 0 aromatic carbocycles. The summed E-state index contributed by atoms with van der Waals surface area (Å²) in [4.78, 5) is 10.2. The van der Waals surface area contributed by atoms with E-state index in [1.807, 2.05) is 0 Å². The van der Waals surface area contributed by atoms with Crippen molar-refractivity contribution in [3.63, 3.8) is 0 Å². The van der Waals surface area contributed by atoms with Crippen LogP contribution in [0.15, 0.2) is 0 Å². The summed E-state index contributed by atoms with van der Waals surface area (Å²) in [6.07, 6.45) is 2.35. The fourth-order valence-electron chi connectivity index (χ4n) is 0.634. The van der Waals surface area contributed by atoms with Crippen molar-refractivity contribution in [2.75, 3.05) is 6.61 Å². The molecule has 0 saturated heterocycles. The van der Waals surface area contributed by atoms with Crippen molar-refractivity contribution < 1.29 is 20.1 Å². The molecule has 4 nitrogen and oxygen atoms in total. The molecular weight excluding hydrogens is 184 g/mol. The van der Waals surface area contributed by atoms with Crippen LogP contribution in [-0.4, -0.2) is 34.0 Å². The van der Waals surface area contributed by atoms with Crippen LogP contribution < -0.4 is 0 Å². The predicted molar refractivity (Wildman–Crippen MR) is 55.1 cm³/mol. The molecule has 0 bridgehead atoms. The third-order valence-electron chi connectivity index (χ3n) is 1.68. The monoisotopic (exact) mass is 206 g/mol. The summed E-state index contributed by atoms with van der Waals surface area (Å²) in [6.45, 7) is 5.20. The van der Waals surface area contributed by atoms with E-state index in [-0.39, 0.29) is 12.5 Å². The second-order valence-electron chi connectivity index (χ2n) is 3.41. The van der Waals surface area contributed by atoms with E-state index in [1.165, 1.54) is 6.92 Å². The molecule has 86 valence electrons. The maximum absolute atomic E-state index is 10.2. The van der Waals surface area contributed by atoms with Gasteiger partial charge in [-0.05, 0) is 13.3 Å². The summed E-state index contributed by atoms with van der Waals surface area (Å²) in [7, 11) is 0. The second kappa shape index (κ2) is 10.5. The van der Waals surface area contributed by atoms with Gasteiger partial charge >= 0.3 is 5.97 Å². The van der Waals surface area contributed by atoms with Crippen molar-refractivity contribution in [1.29, 1.82) is 0 Å². The van der Waals surface area contributed by atoms with Crippen LogP contribution in [0.2, 0.25) is 0 Å². The Morgan fingerprint density at radius 1 is 1.36 bits per heavy atom. The quantitative estimate of drug-likeness (QED) is 0.632. The Hall–Kier alpha value is -0.610. The average molecular weight is 206 g/mol. The number of carboxylic acids is 1. The lowest BCUT2D eigenvalue weighted by Crippen LogP contribution is -2.08. The summed E-state index contributed by atoms with van der Waals surface area (Å²) >= 11 is 0. The third-order valence-corrected chi connectivity index (χ3v) is 1.68. The normalized spacial score (nSPS) is 13.8. The predicted octanol–water partition coefficient (Wildman–Crippen LogP) is 1.26. The first-order valence-electron chi connectivity index (χ1n) is 4.97. The van der Waals surface area contributed by atoms with Gasteiger partial charge in [-0.3, -0.25) is 4.79 Å². The smallest absolute Gasteiger partial charge is 0.306 e. The minimum atomic E-state index is -0.677. The fraction of sp³-hybridized carbons (Fsp3) is 0.900. The van der Waals surface area contributed by atoms with Crippen LogP contribution >= 0.6 is 0 Å². The zero-order valence-corrected chi connectivity index (χ0v) is 9.23. The van der Waals surface area contributed by atoms with Crippen molar-refractivity contribution in [2.24, 2.45) is 5.92 Å². The molecule has 0 fully saturated rings. The van der Waals surface area contributed by atoms with Crippen LogP contribution in [0.5, 0.6) is 0 Å². The molecule has 0 amide bonds. The van der Waals surface area contributed by atoms with Gasteiger partial charge in [0.15, 0.2) is 0 Å². The van der Waals surface area contributed by atoms with E-state index >= 15 is 0 Å². The number of unbranched alkanes of at least 4 members (excludes halogenated alkanes) is 1. The molecule has 2 unspecified atom stereocenters. The molecule has 0 aliphatic carbocycles. The number of rotatable bonds is 5. The minimum absolute atomic E-state index is 0.139. The lowest BCUT2D eigenvalue weighted by molar-refractivity contribution is -0.141. The van der Waals surface area contributed by atoms with Crippen LogP contribution in [0.4, 0.5) is 0 Å². The van der Waals surface area contributed by atoms with Gasteiger partial charge in [-0.15, -0.1) is 0 Å². The van der Waals surface area contributed by atoms with Gasteiger partial charge in [0.2, 0.25) is 0 Å². The van der Waals surface area contributed by atoms with Gasteiger partial charge in [-0.2, -0.15) is 0 Å². The molecular formula is C10H22O4. The second-order valence-corrected chi connectivity index (χ2v) is 3.41. The van der Waals surface area contributed by atoms with E-state index in [1.54, 1.807) is 6.92 Å². The van der Waals surface area contributed by atoms with Gasteiger partial charge in [0.05, 0.1) is 18.6 Å². The molecule has 14 heavy (non-hydrogen) atoms. The molecule has 0 aliphatic rings. The Morgan fingerprint density at radius 3 is 2.00 bits per heavy atom. The first-order chi connectivity index (χ1) is 6.45. The van der Waals surface area contributed by atoms with Crippen LogP contribution in [0.25, 0.3) is 0 Å². The SMILES string of the molecule is CC(O)CO.CCCCC(C)C(=O)O. The maximum Gasteiger partial charge on any atom is 0.306 e. The van der Waals surface area contributed by atoms with Gasteiger partial charge in [-0.25, -0.2) is 0 Å². The summed E-state index contributed by atoms with van der Waals surface area (Å²) in [6, 6.07) is 0. The zero-order valence-electron chi connectivity index (χ0n) is 9.23. The van der Waals surface area contributed by atoms with Gasteiger partial charge in [0.1, 0.15) is 0 Å². The van der Waals surface area contributed by atoms with Gasteiger partial charge in [-0.1, -0.05) is 26.7 Å².